The zero-order chi connectivity index (χ0) is 16.8. The molecule has 1 saturated heterocycles. The average molecular weight is 340 g/mol. The molecular formula is C21H22ClNO. The van der Waals surface area contributed by atoms with Crippen molar-refractivity contribution in [2.45, 2.75) is 38.5 Å². The van der Waals surface area contributed by atoms with Crippen LogP contribution >= 0.6 is 11.6 Å². The van der Waals surface area contributed by atoms with E-state index in [0.29, 0.717) is 11.8 Å². The van der Waals surface area contributed by atoms with Gasteiger partial charge in [-0.05, 0) is 67.0 Å². The molecule has 2 aromatic carbocycles. The maximum Gasteiger partial charge on any atom is 0.150 e. The molecule has 0 unspecified atom stereocenters. The number of carbonyl (C=O) groups is 1. The minimum atomic E-state index is 0.532. The molecule has 0 atom stereocenters. The van der Waals surface area contributed by atoms with E-state index in [0.717, 1.165) is 41.1 Å². The molecule has 1 heterocycles. The van der Waals surface area contributed by atoms with Gasteiger partial charge in [0, 0.05) is 35.3 Å². The summed E-state index contributed by atoms with van der Waals surface area (Å²) >= 11 is 6.46. The van der Waals surface area contributed by atoms with Gasteiger partial charge < -0.3 is 4.90 Å². The Morgan fingerprint density at radius 2 is 1.71 bits per heavy atom. The lowest BCUT2D eigenvalue weighted by atomic mass is 9.87. The summed E-state index contributed by atoms with van der Waals surface area (Å²) in [5, 5.41) is 0.917. The highest BCUT2D eigenvalue weighted by Gasteiger charge is 2.30. The van der Waals surface area contributed by atoms with Gasteiger partial charge in [-0.1, -0.05) is 29.8 Å². The Labute approximate surface area is 148 Å². The van der Waals surface area contributed by atoms with Crippen molar-refractivity contribution < 1.29 is 4.79 Å². The van der Waals surface area contributed by atoms with Crippen LogP contribution in [0.4, 0.5) is 5.69 Å². The molecule has 3 heteroatoms. The maximum atomic E-state index is 11.1. The normalized spacial score (nSPS) is 17.7. The third-order valence-electron chi connectivity index (χ3n) is 5.45. The van der Waals surface area contributed by atoms with Crippen LogP contribution in [-0.2, 0) is 0 Å². The average Bonchev–Trinajstić information content (AvgIpc) is 3.30. The highest BCUT2D eigenvalue weighted by atomic mass is 35.5. The third kappa shape index (κ3) is 2.73. The number of halogens is 1. The smallest absolute Gasteiger partial charge is 0.150 e. The molecule has 2 fully saturated rings. The highest BCUT2D eigenvalue weighted by molar-refractivity contribution is 6.31. The van der Waals surface area contributed by atoms with Crippen molar-refractivity contribution in [3.63, 3.8) is 0 Å². The lowest BCUT2D eigenvalue weighted by molar-refractivity contribution is 0.112. The van der Waals surface area contributed by atoms with Crippen molar-refractivity contribution in [2.75, 3.05) is 18.0 Å². The summed E-state index contributed by atoms with van der Waals surface area (Å²) in [5.41, 5.74) is 6.86. The maximum absolute atomic E-state index is 11.1. The van der Waals surface area contributed by atoms with Crippen LogP contribution in [0.5, 0.6) is 0 Å². The number of hydrogen-bond acceptors (Lipinski definition) is 2. The van der Waals surface area contributed by atoms with Gasteiger partial charge in [-0.3, -0.25) is 4.79 Å². The summed E-state index contributed by atoms with van der Waals surface area (Å²) in [4.78, 5) is 13.5. The molecule has 124 valence electrons. The van der Waals surface area contributed by atoms with Gasteiger partial charge in [-0.25, -0.2) is 0 Å². The van der Waals surface area contributed by atoms with Gasteiger partial charge in [0.1, 0.15) is 0 Å². The van der Waals surface area contributed by atoms with Crippen LogP contribution in [0.1, 0.15) is 57.3 Å². The SMILES string of the molecule is Cc1cc(C2CN(c3ccc(C4CC4)c(Cl)c3)C2)cc(C)c1C=O. The first-order valence-corrected chi connectivity index (χ1v) is 9.05. The highest BCUT2D eigenvalue weighted by Crippen LogP contribution is 2.44. The number of benzene rings is 2. The summed E-state index contributed by atoms with van der Waals surface area (Å²) in [6.07, 6.45) is 3.52. The molecule has 24 heavy (non-hydrogen) atoms. The van der Waals surface area contributed by atoms with Crippen LogP contribution in [0, 0.1) is 13.8 Å². The second-order valence-corrected chi connectivity index (χ2v) is 7.68. The molecule has 0 bridgehead atoms. The van der Waals surface area contributed by atoms with Crippen LogP contribution in [0.15, 0.2) is 30.3 Å². The molecule has 0 amide bonds. The first-order valence-electron chi connectivity index (χ1n) is 8.67. The first kappa shape index (κ1) is 15.7. The number of aryl methyl sites for hydroxylation is 2. The van der Waals surface area contributed by atoms with Crippen molar-refractivity contribution in [3.8, 4) is 0 Å². The van der Waals surface area contributed by atoms with Crippen molar-refractivity contribution >= 4 is 23.6 Å². The van der Waals surface area contributed by atoms with E-state index in [1.807, 2.05) is 13.8 Å². The Kier molecular flexibility index (Phi) is 3.88. The largest absolute Gasteiger partial charge is 0.370 e. The number of hydrogen-bond donors (Lipinski definition) is 0. The van der Waals surface area contributed by atoms with Gasteiger partial charge in [0.15, 0.2) is 6.29 Å². The lowest BCUT2D eigenvalue weighted by Crippen LogP contribution is -2.45. The number of nitrogens with zero attached hydrogens (tertiary/aromatic N) is 1. The van der Waals surface area contributed by atoms with Gasteiger partial charge in [0.25, 0.3) is 0 Å². The van der Waals surface area contributed by atoms with E-state index in [-0.39, 0.29) is 0 Å². The molecule has 1 saturated carbocycles. The van der Waals surface area contributed by atoms with Crippen LogP contribution < -0.4 is 4.90 Å². The van der Waals surface area contributed by atoms with E-state index >= 15 is 0 Å². The van der Waals surface area contributed by atoms with E-state index in [2.05, 4.69) is 35.2 Å². The molecule has 2 aromatic rings. The number of anilines is 1. The molecule has 1 aliphatic heterocycles. The van der Waals surface area contributed by atoms with Crippen molar-refractivity contribution in [1.82, 2.24) is 0 Å². The Morgan fingerprint density at radius 3 is 2.25 bits per heavy atom. The third-order valence-corrected chi connectivity index (χ3v) is 5.78. The minimum absolute atomic E-state index is 0.532. The molecule has 0 radical (unpaired) electrons. The minimum Gasteiger partial charge on any atom is -0.370 e. The predicted octanol–water partition coefficient (Wildman–Crippen LogP) is 5.25. The van der Waals surface area contributed by atoms with Crippen LogP contribution in [-0.4, -0.2) is 19.4 Å². The van der Waals surface area contributed by atoms with Gasteiger partial charge in [-0.2, -0.15) is 0 Å². The van der Waals surface area contributed by atoms with Crippen LogP contribution in [0.2, 0.25) is 5.02 Å². The fraction of sp³-hybridized carbons (Fsp3) is 0.381. The second-order valence-electron chi connectivity index (χ2n) is 7.27. The van der Waals surface area contributed by atoms with Gasteiger partial charge >= 0.3 is 0 Å². The quantitative estimate of drug-likeness (QED) is 0.709. The molecule has 2 aliphatic rings. The summed E-state index contributed by atoms with van der Waals surface area (Å²) in [5.74, 6) is 1.22. The molecule has 2 nitrogen and oxygen atoms in total. The zero-order valence-electron chi connectivity index (χ0n) is 14.2. The lowest BCUT2D eigenvalue weighted by Gasteiger charge is -2.42. The molecule has 0 aromatic heterocycles. The van der Waals surface area contributed by atoms with Gasteiger partial charge in [-0.15, -0.1) is 0 Å². The Morgan fingerprint density at radius 1 is 1.04 bits per heavy atom. The van der Waals surface area contributed by atoms with Crippen molar-refractivity contribution in [3.05, 3.63) is 63.2 Å². The molecular weight excluding hydrogens is 318 g/mol. The van der Waals surface area contributed by atoms with E-state index < -0.39 is 0 Å². The molecule has 0 N–H and O–H groups in total. The summed E-state index contributed by atoms with van der Waals surface area (Å²) in [6.45, 7) is 6.07. The topological polar surface area (TPSA) is 20.3 Å². The van der Waals surface area contributed by atoms with Gasteiger partial charge in [0.05, 0.1) is 0 Å². The number of aldehydes is 1. The summed E-state index contributed by atoms with van der Waals surface area (Å²) in [6, 6.07) is 10.9. The Bertz CT molecular complexity index is 780. The van der Waals surface area contributed by atoms with Crippen LogP contribution in [0.25, 0.3) is 0 Å². The fourth-order valence-corrected chi connectivity index (χ4v) is 4.10. The van der Waals surface area contributed by atoms with Crippen LogP contribution in [0.3, 0.4) is 0 Å². The summed E-state index contributed by atoms with van der Waals surface area (Å²) < 4.78 is 0. The Hall–Kier alpha value is -1.80. The molecule has 4 rings (SSSR count). The number of carbonyl (C=O) groups excluding carboxylic acids is 1. The monoisotopic (exact) mass is 339 g/mol. The molecule has 1 aliphatic carbocycles. The second kappa shape index (κ2) is 5.93. The zero-order valence-corrected chi connectivity index (χ0v) is 14.9. The number of rotatable bonds is 4. The fourth-order valence-electron chi connectivity index (χ4n) is 3.77. The Balaban J connectivity index is 1.48. The van der Waals surface area contributed by atoms with Crippen molar-refractivity contribution in [2.24, 2.45) is 0 Å². The van der Waals surface area contributed by atoms with E-state index in [4.69, 9.17) is 11.6 Å². The van der Waals surface area contributed by atoms with E-state index in [9.17, 15) is 4.79 Å². The van der Waals surface area contributed by atoms with E-state index in [1.54, 1.807) is 0 Å². The standard InChI is InChI=1S/C21H22ClNO/c1-13-7-16(8-14(2)20(13)12-24)17-10-23(11-17)18-5-6-19(15-3-4-15)21(22)9-18/h5-9,12,15,17H,3-4,10-11H2,1-2H3. The predicted molar refractivity (Wildman–Crippen MR) is 99.7 cm³/mol. The molecule has 0 spiro atoms. The van der Waals surface area contributed by atoms with Crippen molar-refractivity contribution in [1.29, 1.82) is 0 Å². The van der Waals surface area contributed by atoms with E-state index in [1.165, 1.54) is 29.7 Å². The summed E-state index contributed by atoms with van der Waals surface area (Å²) in [7, 11) is 0. The first-order chi connectivity index (χ1) is 11.6. The van der Waals surface area contributed by atoms with Gasteiger partial charge in [0.2, 0.25) is 0 Å².